The van der Waals surface area contributed by atoms with Crippen LogP contribution in [0.25, 0.3) is 0 Å². The van der Waals surface area contributed by atoms with E-state index in [9.17, 15) is 4.79 Å². The fourth-order valence-electron chi connectivity index (χ4n) is 3.75. The maximum absolute atomic E-state index is 12.2. The first-order chi connectivity index (χ1) is 12.3. The molecule has 1 aromatic carbocycles. The van der Waals surface area contributed by atoms with E-state index in [1.807, 2.05) is 13.0 Å². The molecule has 3 aliphatic rings. The van der Waals surface area contributed by atoms with Crippen LogP contribution in [0.2, 0.25) is 0 Å². The summed E-state index contributed by atoms with van der Waals surface area (Å²) in [6, 6.07) is 6.27. The van der Waals surface area contributed by atoms with Crippen LogP contribution in [0, 0.1) is 5.92 Å². The van der Waals surface area contributed by atoms with Crippen LogP contribution in [0.4, 0.5) is 0 Å². The van der Waals surface area contributed by atoms with Gasteiger partial charge in [0.2, 0.25) is 12.1 Å². The van der Waals surface area contributed by atoms with E-state index in [1.54, 1.807) is 6.21 Å². The summed E-state index contributed by atoms with van der Waals surface area (Å²) in [5.74, 6) is 1.43. The molecule has 2 atom stereocenters. The molecule has 132 valence electrons. The predicted octanol–water partition coefficient (Wildman–Crippen LogP) is 1.47. The number of nitrogens with one attached hydrogen (secondary N) is 3. The molecule has 1 amide bonds. The molecule has 2 heterocycles. The molecule has 2 unspecified atom stereocenters. The molecule has 4 rings (SSSR count). The zero-order chi connectivity index (χ0) is 17.2. The number of aliphatic imine (C=N–C) groups is 1. The van der Waals surface area contributed by atoms with Gasteiger partial charge in [-0.1, -0.05) is 12.1 Å². The molecule has 25 heavy (non-hydrogen) atoms. The summed E-state index contributed by atoms with van der Waals surface area (Å²) in [6.07, 6.45) is 6.04. The van der Waals surface area contributed by atoms with E-state index in [0.29, 0.717) is 13.1 Å². The van der Waals surface area contributed by atoms with Gasteiger partial charge in [-0.2, -0.15) is 0 Å². The monoisotopic (exact) mass is 340 g/mol. The summed E-state index contributed by atoms with van der Waals surface area (Å²) in [5.41, 5.74) is 3.52. The normalized spacial score (nSPS) is 24.0. The summed E-state index contributed by atoms with van der Waals surface area (Å²) < 4.78 is 6.20. The first kappa shape index (κ1) is 16.0. The summed E-state index contributed by atoms with van der Waals surface area (Å²) in [5, 5.41) is 9.41. The third kappa shape index (κ3) is 3.08. The molecule has 6 heteroatoms. The molecule has 3 N–H and O–H groups in total. The molecular formula is C19H24N4O2. The molecule has 0 radical (unpaired) electrons. The van der Waals surface area contributed by atoms with Crippen molar-refractivity contribution in [3.05, 3.63) is 40.8 Å². The van der Waals surface area contributed by atoms with E-state index in [0.717, 1.165) is 30.1 Å². The topological polar surface area (TPSA) is 74.8 Å². The van der Waals surface area contributed by atoms with Crippen molar-refractivity contribution in [2.75, 3.05) is 13.1 Å². The van der Waals surface area contributed by atoms with Gasteiger partial charge in [0.25, 0.3) is 0 Å². The lowest BCUT2D eigenvalue weighted by atomic mass is 9.91. The third-order valence-corrected chi connectivity index (χ3v) is 4.99. The molecule has 0 fully saturated rings. The van der Waals surface area contributed by atoms with Gasteiger partial charge in [-0.05, 0) is 49.8 Å². The number of amides is 1. The maximum atomic E-state index is 12.2. The SMILES string of the molecule is CCNC(=O)C1CNC2=C1NC(Oc1cccc3c1CCCC3)C=N2. The third-order valence-electron chi connectivity index (χ3n) is 4.99. The highest BCUT2D eigenvalue weighted by atomic mass is 16.5. The molecule has 0 bridgehead atoms. The Kier molecular flexibility index (Phi) is 4.34. The van der Waals surface area contributed by atoms with Crippen molar-refractivity contribution in [1.29, 1.82) is 0 Å². The number of benzene rings is 1. The lowest BCUT2D eigenvalue weighted by Gasteiger charge is -2.26. The minimum Gasteiger partial charge on any atom is -0.465 e. The molecule has 0 spiro atoms. The van der Waals surface area contributed by atoms with Crippen LogP contribution >= 0.6 is 0 Å². The summed E-state index contributed by atoms with van der Waals surface area (Å²) in [6.45, 7) is 3.11. The van der Waals surface area contributed by atoms with E-state index >= 15 is 0 Å². The van der Waals surface area contributed by atoms with Crippen molar-refractivity contribution in [2.45, 2.75) is 38.8 Å². The van der Waals surface area contributed by atoms with Crippen molar-refractivity contribution in [2.24, 2.45) is 10.9 Å². The second-order valence-corrected chi connectivity index (χ2v) is 6.65. The minimum atomic E-state index is -0.357. The summed E-state index contributed by atoms with van der Waals surface area (Å²) in [4.78, 5) is 16.7. The van der Waals surface area contributed by atoms with E-state index in [1.165, 1.54) is 24.0 Å². The highest BCUT2D eigenvalue weighted by molar-refractivity contribution is 5.83. The van der Waals surface area contributed by atoms with Gasteiger partial charge in [0.05, 0.1) is 17.8 Å². The average Bonchev–Trinajstić information content (AvgIpc) is 3.06. The summed E-state index contributed by atoms with van der Waals surface area (Å²) >= 11 is 0. The molecule has 1 aromatic rings. The first-order valence-electron chi connectivity index (χ1n) is 9.10. The van der Waals surface area contributed by atoms with Gasteiger partial charge in [-0.15, -0.1) is 0 Å². The zero-order valence-corrected chi connectivity index (χ0v) is 14.5. The molecule has 0 saturated carbocycles. The highest BCUT2D eigenvalue weighted by Crippen LogP contribution is 2.31. The Bertz CT molecular complexity index is 741. The average molecular weight is 340 g/mol. The molecular weight excluding hydrogens is 316 g/mol. The van der Waals surface area contributed by atoms with Crippen LogP contribution < -0.4 is 20.7 Å². The van der Waals surface area contributed by atoms with Crippen molar-refractivity contribution < 1.29 is 9.53 Å². The standard InChI is InChI=1S/C19H24N4O2/c1-2-20-19(24)14-10-21-18-17(14)23-16(11-22-18)25-15-9-5-7-12-6-3-4-8-13(12)15/h5,7,9,11,14,16,21,23H,2-4,6,8,10H2,1H3,(H,20,24). The Hall–Kier alpha value is -2.50. The van der Waals surface area contributed by atoms with Crippen LogP contribution in [0.3, 0.4) is 0 Å². The van der Waals surface area contributed by atoms with Crippen LogP contribution in [0.1, 0.15) is 30.9 Å². The number of hydrogen-bond acceptors (Lipinski definition) is 5. The van der Waals surface area contributed by atoms with E-state index in [2.05, 4.69) is 33.1 Å². The Morgan fingerprint density at radius 2 is 2.24 bits per heavy atom. The van der Waals surface area contributed by atoms with Crippen molar-refractivity contribution >= 4 is 12.1 Å². The quantitative estimate of drug-likeness (QED) is 0.776. The lowest BCUT2D eigenvalue weighted by molar-refractivity contribution is -0.123. The Labute approximate surface area is 147 Å². The molecule has 6 nitrogen and oxygen atoms in total. The fourth-order valence-corrected chi connectivity index (χ4v) is 3.75. The molecule has 0 aromatic heterocycles. The number of fused-ring (bicyclic) bond motifs is 1. The van der Waals surface area contributed by atoms with Gasteiger partial charge in [-0.3, -0.25) is 4.79 Å². The lowest BCUT2D eigenvalue weighted by Crippen LogP contribution is -2.43. The Morgan fingerprint density at radius 1 is 1.36 bits per heavy atom. The first-order valence-corrected chi connectivity index (χ1v) is 9.10. The van der Waals surface area contributed by atoms with Gasteiger partial charge < -0.3 is 20.7 Å². The van der Waals surface area contributed by atoms with Gasteiger partial charge in [0.15, 0.2) is 0 Å². The second kappa shape index (κ2) is 6.78. The number of nitrogens with zero attached hydrogens (tertiary/aromatic N) is 1. The van der Waals surface area contributed by atoms with Gasteiger partial charge in [0, 0.05) is 13.1 Å². The largest absolute Gasteiger partial charge is 0.465 e. The fraction of sp³-hybridized carbons (Fsp3) is 0.474. The smallest absolute Gasteiger partial charge is 0.230 e. The Balaban J connectivity index is 1.50. The van der Waals surface area contributed by atoms with E-state index < -0.39 is 0 Å². The van der Waals surface area contributed by atoms with Crippen molar-refractivity contribution in [1.82, 2.24) is 16.0 Å². The van der Waals surface area contributed by atoms with Crippen molar-refractivity contribution in [3.63, 3.8) is 0 Å². The predicted molar refractivity (Wildman–Crippen MR) is 96.3 cm³/mol. The van der Waals surface area contributed by atoms with E-state index in [-0.39, 0.29) is 18.1 Å². The minimum absolute atomic E-state index is 0.0143. The van der Waals surface area contributed by atoms with Gasteiger partial charge in [-0.25, -0.2) is 4.99 Å². The van der Waals surface area contributed by atoms with E-state index in [4.69, 9.17) is 4.74 Å². The van der Waals surface area contributed by atoms with Crippen LogP contribution in [0.15, 0.2) is 34.7 Å². The highest BCUT2D eigenvalue weighted by Gasteiger charge is 2.34. The number of carbonyl (C=O) groups is 1. The number of rotatable bonds is 4. The molecule has 2 aliphatic heterocycles. The molecule has 1 aliphatic carbocycles. The number of carbonyl (C=O) groups excluding carboxylic acids is 1. The second-order valence-electron chi connectivity index (χ2n) is 6.65. The van der Waals surface area contributed by atoms with Crippen LogP contribution in [-0.4, -0.2) is 31.4 Å². The number of hydrogen-bond donors (Lipinski definition) is 3. The number of aryl methyl sites for hydroxylation is 1. The number of ether oxygens (including phenoxy) is 1. The zero-order valence-electron chi connectivity index (χ0n) is 14.5. The maximum Gasteiger partial charge on any atom is 0.230 e. The van der Waals surface area contributed by atoms with Crippen molar-refractivity contribution in [3.8, 4) is 5.75 Å². The summed E-state index contributed by atoms with van der Waals surface area (Å²) in [7, 11) is 0. The van der Waals surface area contributed by atoms with Gasteiger partial charge >= 0.3 is 0 Å². The Morgan fingerprint density at radius 3 is 3.12 bits per heavy atom. The molecule has 0 saturated heterocycles. The van der Waals surface area contributed by atoms with Crippen LogP contribution in [0.5, 0.6) is 5.75 Å². The van der Waals surface area contributed by atoms with Crippen LogP contribution in [-0.2, 0) is 17.6 Å². The van der Waals surface area contributed by atoms with Gasteiger partial charge in [0.1, 0.15) is 11.6 Å².